The van der Waals surface area contributed by atoms with Gasteiger partial charge in [-0.1, -0.05) is 12.1 Å². The number of hydrogen-bond acceptors (Lipinski definition) is 5. The highest BCUT2D eigenvalue weighted by Gasteiger charge is 2.22. The molecule has 0 unspecified atom stereocenters. The summed E-state index contributed by atoms with van der Waals surface area (Å²) in [6.07, 6.45) is 0.893. The summed E-state index contributed by atoms with van der Waals surface area (Å²) in [7, 11) is 0. The third kappa shape index (κ3) is 4.33. The van der Waals surface area contributed by atoms with Gasteiger partial charge < -0.3 is 14.6 Å². The van der Waals surface area contributed by atoms with Crippen molar-refractivity contribution in [3.8, 4) is 5.75 Å². The maximum absolute atomic E-state index is 13.0. The van der Waals surface area contributed by atoms with Gasteiger partial charge in [-0.25, -0.2) is 9.07 Å². The number of benzene rings is 1. The Hall–Kier alpha value is -3.16. The van der Waals surface area contributed by atoms with E-state index in [0.717, 1.165) is 12.1 Å². The summed E-state index contributed by atoms with van der Waals surface area (Å²) in [5.41, 5.74) is 1.50. The Morgan fingerprint density at radius 3 is 2.74 bits per heavy atom. The first kappa shape index (κ1) is 18.6. The molecular formula is C19H21FN4O3. The fourth-order valence-corrected chi connectivity index (χ4v) is 2.63. The van der Waals surface area contributed by atoms with Crippen LogP contribution in [0.15, 0.2) is 34.9 Å². The summed E-state index contributed by atoms with van der Waals surface area (Å²) >= 11 is 0. The van der Waals surface area contributed by atoms with Crippen LogP contribution in [0, 0.1) is 19.7 Å². The molecule has 0 aliphatic heterocycles. The summed E-state index contributed by atoms with van der Waals surface area (Å²) < 4.78 is 25.5. The van der Waals surface area contributed by atoms with E-state index in [0.29, 0.717) is 29.4 Å². The number of nitrogens with one attached hydrogen (secondary N) is 1. The van der Waals surface area contributed by atoms with Crippen LogP contribution in [0.3, 0.4) is 0 Å². The molecule has 27 heavy (non-hydrogen) atoms. The molecule has 0 spiro atoms. The molecule has 2 aromatic heterocycles. The lowest BCUT2D eigenvalue weighted by Crippen LogP contribution is -2.18. The highest BCUT2D eigenvalue weighted by Crippen LogP contribution is 2.20. The number of carbonyl (C=O) groups excluding carboxylic acids is 1. The monoisotopic (exact) mass is 372 g/mol. The van der Waals surface area contributed by atoms with Crippen LogP contribution in [0.5, 0.6) is 5.75 Å². The zero-order valence-electron chi connectivity index (χ0n) is 15.5. The number of aryl methyl sites for hydroxylation is 3. The number of halogens is 1. The van der Waals surface area contributed by atoms with Crippen molar-refractivity contribution in [2.45, 2.75) is 40.3 Å². The van der Waals surface area contributed by atoms with Crippen molar-refractivity contribution in [3.63, 3.8) is 0 Å². The van der Waals surface area contributed by atoms with Gasteiger partial charge in [-0.3, -0.25) is 4.79 Å². The SMILES string of the molecule is CCCn1nc(C)cc1NC(=O)c1noc(C)c1COc1ccc(F)cc1. The molecule has 0 saturated heterocycles. The van der Waals surface area contributed by atoms with Gasteiger partial charge in [-0.05, 0) is 44.5 Å². The predicted molar refractivity (Wildman–Crippen MR) is 97.2 cm³/mol. The van der Waals surface area contributed by atoms with E-state index in [1.807, 2.05) is 13.8 Å². The topological polar surface area (TPSA) is 82.2 Å². The zero-order valence-corrected chi connectivity index (χ0v) is 15.5. The number of amides is 1. The van der Waals surface area contributed by atoms with Gasteiger partial charge in [0.25, 0.3) is 5.91 Å². The van der Waals surface area contributed by atoms with Crippen LogP contribution in [-0.2, 0) is 13.2 Å². The highest BCUT2D eigenvalue weighted by molar-refractivity contribution is 6.03. The highest BCUT2D eigenvalue weighted by atomic mass is 19.1. The molecule has 0 atom stereocenters. The summed E-state index contributed by atoms with van der Waals surface area (Å²) in [5.74, 6) is 0.829. The van der Waals surface area contributed by atoms with E-state index in [9.17, 15) is 9.18 Å². The molecule has 1 N–H and O–H groups in total. The van der Waals surface area contributed by atoms with Gasteiger partial charge in [0.05, 0.1) is 11.3 Å². The molecule has 2 heterocycles. The van der Waals surface area contributed by atoms with E-state index in [4.69, 9.17) is 9.26 Å². The quantitative estimate of drug-likeness (QED) is 0.681. The number of hydrogen-bond donors (Lipinski definition) is 1. The molecule has 0 bridgehead atoms. The van der Waals surface area contributed by atoms with E-state index in [2.05, 4.69) is 15.6 Å². The van der Waals surface area contributed by atoms with Crippen molar-refractivity contribution < 1.29 is 18.4 Å². The van der Waals surface area contributed by atoms with Crippen LogP contribution < -0.4 is 10.1 Å². The van der Waals surface area contributed by atoms with Crippen LogP contribution in [0.1, 0.15) is 40.9 Å². The van der Waals surface area contributed by atoms with E-state index in [1.54, 1.807) is 17.7 Å². The average molecular weight is 372 g/mol. The maximum atomic E-state index is 13.0. The molecule has 0 aliphatic rings. The number of aromatic nitrogens is 3. The van der Waals surface area contributed by atoms with Gasteiger partial charge in [0.15, 0.2) is 5.69 Å². The predicted octanol–water partition coefficient (Wildman–Crippen LogP) is 3.87. The first-order chi connectivity index (χ1) is 13.0. The molecule has 0 saturated carbocycles. The van der Waals surface area contributed by atoms with Crippen molar-refractivity contribution in [2.24, 2.45) is 0 Å². The third-order valence-corrected chi connectivity index (χ3v) is 3.98. The zero-order chi connectivity index (χ0) is 19.4. The van der Waals surface area contributed by atoms with Gasteiger partial charge in [-0.2, -0.15) is 5.10 Å². The number of nitrogens with zero attached hydrogens (tertiary/aromatic N) is 3. The lowest BCUT2D eigenvalue weighted by molar-refractivity contribution is 0.101. The molecule has 3 rings (SSSR count). The summed E-state index contributed by atoms with van der Waals surface area (Å²) in [5, 5.41) is 11.1. The molecule has 7 nitrogen and oxygen atoms in total. The lowest BCUT2D eigenvalue weighted by atomic mass is 10.2. The minimum absolute atomic E-state index is 0.0803. The standard InChI is InChI=1S/C19H21FN4O3/c1-4-9-24-17(10-12(2)22-24)21-19(25)18-16(13(3)27-23-18)11-26-15-7-5-14(20)6-8-15/h5-8,10H,4,9,11H2,1-3H3,(H,21,25). The molecule has 0 fully saturated rings. The number of anilines is 1. The van der Waals surface area contributed by atoms with Gasteiger partial charge in [0, 0.05) is 12.6 Å². The van der Waals surface area contributed by atoms with Crippen LogP contribution in [0.2, 0.25) is 0 Å². The number of carbonyl (C=O) groups is 1. The fraction of sp³-hybridized carbons (Fsp3) is 0.316. The third-order valence-electron chi connectivity index (χ3n) is 3.98. The van der Waals surface area contributed by atoms with Gasteiger partial charge in [0.2, 0.25) is 0 Å². The average Bonchev–Trinajstić information content (AvgIpc) is 3.17. The van der Waals surface area contributed by atoms with Crippen molar-refractivity contribution in [1.29, 1.82) is 0 Å². The van der Waals surface area contributed by atoms with Crippen molar-refractivity contribution >= 4 is 11.7 Å². The summed E-state index contributed by atoms with van der Waals surface area (Å²) in [4.78, 5) is 12.7. The van der Waals surface area contributed by atoms with Gasteiger partial charge in [0.1, 0.15) is 29.8 Å². The Balaban J connectivity index is 1.75. The van der Waals surface area contributed by atoms with E-state index >= 15 is 0 Å². The van der Waals surface area contributed by atoms with E-state index < -0.39 is 5.91 Å². The molecule has 8 heteroatoms. The molecule has 142 valence electrons. The first-order valence-electron chi connectivity index (χ1n) is 8.67. The number of ether oxygens (including phenoxy) is 1. The molecule has 3 aromatic rings. The normalized spacial score (nSPS) is 10.8. The second kappa shape index (κ2) is 8.03. The van der Waals surface area contributed by atoms with Crippen molar-refractivity contribution in [2.75, 3.05) is 5.32 Å². The van der Waals surface area contributed by atoms with E-state index in [1.165, 1.54) is 24.3 Å². The first-order valence-corrected chi connectivity index (χ1v) is 8.67. The smallest absolute Gasteiger partial charge is 0.279 e. The van der Waals surface area contributed by atoms with Crippen molar-refractivity contribution in [3.05, 3.63) is 58.9 Å². The van der Waals surface area contributed by atoms with Crippen LogP contribution >= 0.6 is 0 Å². The Bertz CT molecular complexity index is 931. The van der Waals surface area contributed by atoms with Crippen LogP contribution in [0.4, 0.5) is 10.2 Å². The van der Waals surface area contributed by atoms with Gasteiger partial charge in [-0.15, -0.1) is 0 Å². The summed E-state index contributed by atoms with van der Waals surface area (Å²) in [6, 6.07) is 7.45. The largest absolute Gasteiger partial charge is 0.489 e. The minimum atomic E-state index is -0.401. The second-order valence-corrected chi connectivity index (χ2v) is 6.16. The number of rotatable bonds is 7. The van der Waals surface area contributed by atoms with Gasteiger partial charge >= 0.3 is 0 Å². The Morgan fingerprint density at radius 1 is 1.30 bits per heavy atom. The van der Waals surface area contributed by atoms with Crippen LogP contribution in [-0.4, -0.2) is 20.8 Å². The Morgan fingerprint density at radius 2 is 2.04 bits per heavy atom. The maximum Gasteiger partial charge on any atom is 0.279 e. The fourth-order valence-electron chi connectivity index (χ4n) is 2.63. The molecular weight excluding hydrogens is 351 g/mol. The second-order valence-electron chi connectivity index (χ2n) is 6.16. The Labute approximate surface area is 156 Å². The molecule has 1 aromatic carbocycles. The summed E-state index contributed by atoms with van der Waals surface area (Å²) in [6.45, 7) is 6.38. The van der Waals surface area contributed by atoms with Crippen molar-refractivity contribution in [1.82, 2.24) is 14.9 Å². The molecule has 1 amide bonds. The molecule has 0 radical (unpaired) electrons. The Kier molecular flexibility index (Phi) is 5.54. The van der Waals surface area contributed by atoms with Crippen LogP contribution in [0.25, 0.3) is 0 Å². The minimum Gasteiger partial charge on any atom is -0.489 e. The lowest BCUT2D eigenvalue weighted by Gasteiger charge is -2.08. The molecule has 0 aliphatic carbocycles. The van der Waals surface area contributed by atoms with E-state index in [-0.39, 0.29) is 18.1 Å².